The van der Waals surface area contributed by atoms with Crippen LogP contribution in [0.3, 0.4) is 0 Å². The number of hydrogen-bond donors (Lipinski definition) is 3. The summed E-state index contributed by atoms with van der Waals surface area (Å²) in [6.07, 6.45) is 7.38. The van der Waals surface area contributed by atoms with E-state index in [0.717, 1.165) is 6.07 Å². The molecule has 6 nitrogen and oxygen atoms in total. The molecule has 0 saturated carbocycles. The summed E-state index contributed by atoms with van der Waals surface area (Å²) in [6, 6.07) is 11.6. The molecule has 0 unspecified atom stereocenters. The molecule has 0 bridgehead atoms. The second-order valence-corrected chi connectivity index (χ2v) is 22.3. The van der Waals surface area contributed by atoms with Gasteiger partial charge in [-0.3, -0.25) is 0 Å². The summed E-state index contributed by atoms with van der Waals surface area (Å²) in [4.78, 5) is 35.5. The third kappa shape index (κ3) is 7.58. The summed E-state index contributed by atoms with van der Waals surface area (Å²) in [5.74, 6) is -2.89. The number of benzene rings is 2. The number of unbranched alkanes of at least 4 members (excludes halogenated alkanes) is 3. The summed E-state index contributed by atoms with van der Waals surface area (Å²) in [5.41, 5.74) is 0.246. The van der Waals surface area contributed by atoms with Gasteiger partial charge in [0.05, 0.1) is 0 Å². The van der Waals surface area contributed by atoms with Crippen LogP contribution >= 0.6 is 0 Å². The zero-order valence-corrected chi connectivity index (χ0v) is 23.4. The first-order valence-electron chi connectivity index (χ1n) is 12.3. The van der Waals surface area contributed by atoms with Crippen molar-refractivity contribution in [2.45, 2.75) is 72.6 Å². The van der Waals surface area contributed by atoms with Crippen molar-refractivity contribution in [1.29, 1.82) is 0 Å². The van der Waals surface area contributed by atoms with Crippen molar-refractivity contribution in [2.75, 3.05) is 5.32 Å². The van der Waals surface area contributed by atoms with Crippen molar-refractivity contribution in [3.05, 3.63) is 59.2 Å². The molecule has 0 radical (unpaired) electrons. The van der Waals surface area contributed by atoms with Gasteiger partial charge >= 0.3 is 207 Å². The Morgan fingerprint density at radius 3 is 1.53 bits per heavy atom. The van der Waals surface area contributed by atoms with Crippen LogP contribution in [0.2, 0.25) is 13.3 Å². The SMILES string of the molecule is CCC[CH2][Sn]([CH2]CCC)([CH2]CCC)[c]1ccc(C(=O)Nc2cc(C(=O)O)cc(C(=O)O)c2)cc1. The van der Waals surface area contributed by atoms with Crippen molar-refractivity contribution in [2.24, 2.45) is 0 Å². The molecule has 2 aromatic carbocycles. The van der Waals surface area contributed by atoms with Gasteiger partial charge in [-0.05, 0) is 0 Å². The maximum absolute atomic E-state index is 12.9. The Balaban J connectivity index is 2.31. The molecule has 2 rings (SSSR count). The molecule has 0 aliphatic heterocycles. The fraction of sp³-hybridized carbons (Fsp3) is 0.444. The maximum atomic E-state index is 12.9. The number of carboxylic acids is 2. The Bertz CT molecular complexity index is 933. The fourth-order valence-corrected chi connectivity index (χ4v) is 20.4. The third-order valence-electron chi connectivity index (χ3n) is 6.47. The predicted molar refractivity (Wildman–Crippen MR) is 139 cm³/mol. The van der Waals surface area contributed by atoms with E-state index in [9.17, 15) is 24.6 Å². The van der Waals surface area contributed by atoms with Crippen LogP contribution in [0.4, 0.5) is 5.69 Å². The summed E-state index contributed by atoms with van der Waals surface area (Å²) in [7, 11) is 0. The van der Waals surface area contributed by atoms with Gasteiger partial charge < -0.3 is 0 Å². The molecule has 34 heavy (non-hydrogen) atoms. The first kappa shape index (κ1) is 27.9. The number of rotatable bonds is 14. The Morgan fingerprint density at radius 1 is 0.706 bits per heavy atom. The summed E-state index contributed by atoms with van der Waals surface area (Å²) in [5, 5.41) is 21.2. The van der Waals surface area contributed by atoms with E-state index < -0.39 is 30.3 Å². The van der Waals surface area contributed by atoms with Crippen molar-refractivity contribution in [3.63, 3.8) is 0 Å². The van der Waals surface area contributed by atoms with Gasteiger partial charge in [0.2, 0.25) is 0 Å². The molecule has 2 aromatic rings. The van der Waals surface area contributed by atoms with E-state index in [0.29, 0.717) is 5.56 Å². The minimum absolute atomic E-state index is 0.147. The van der Waals surface area contributed by atoms with E-state index in [1.54, 1.807) is 0 Å². The van der Waals surface area contributed by atoms with E-state index in [1.807, 2.05) is 12.1 Å². The van der Waals surface area contributed by atoms with Crippen LogP contribution in [0.1, 0.15) is 90.4 Å². The molecule has 0 aromatic heterocycles. The molecule has 0 aliphatic rings. The van der Waals surface area contributed by atoms with Gasteiger partial charge in [0.1, 0.15) is 0 Å². The topological polar surface area (TPSA) is 104 Å². The molecule has 0 fully saturated rings. The Labute approximate surface area is 206 Å². The summed E-state index contributed by atoms with van der Waals surface area (Å²) < 4.78 is 5.51. The van der Waals surface area contributed by atoms with Gasteiger partial charge in [0.25, 0.3) is 0 Å². The summed E-state index contributed by atoms with van der Waals surface area (Å²) in [6.45, 7) is 6.75. The summed E-state index contributed by atoms with van der Waals surface area (Å²) >= 11 is -2.58. The van der Waals surface area contributed by atoms with E-state index in [-0.39, 0.29) is 22.7 Å². The molecular formula is C27H37NO5Sn. The molecule has 0 spiro atoms. The zero-order valence-electron chi connectivity index (χ0n) is 20.5. The molecule has 3 N–H and O–H groups in total. The number of amides is 1. The van der Waals surface area contributed by atoms with E-state index in [1.165, 1.54) is 67.5 Å². The molecule has 1 amide bonds. The van der Waals surface area contributed by atoms with Gasteiger partial charge in [0.15, 0.2) is 0 Å². The van der Waals surface area contributed by atoms with Crippen LogP contribution in [-0.2, 0) is 0 Å². The number of carbonyl (C=O) groups excluding carboxylic acids is 1. The van der Waals surface area contributed by atoms with Crippen LogP contribution in [0.25, 0.3) is 0 Å². The van der Waals surface area contributed by atoms with E-state index >= 15 is 0 Å². The molecule has 0 aliphatic carbocycles. The molecule has 0 heterocycles. The molecule has 0 saturated heterocycles. The first-order chi connectivity index (χ1) is 16.3. The second kappa shape index (κ2) is 13.5. The Kier molecular flexibility index (Phi) is 11.1. The van der Waals surface area contributed by atoms with Crippen molar-refractivity contribution in [3.8, 4) is 0 Å². The number of hydrogen-bond acceptors (Lipinski definition) is 3. The number of aromatic carboxylic acids is 2. The molecule has 7 heteroatoms. The second-order valence-electron chi connectivity index (χ2n) is 9.03. The Hall–Kier alpha value is -2.35. The number of carboxylic acid groups (broad SMARTS) is 2. The quantitative estimate of drug-likeness (QED) is 0.227. The van der Waals surface area contributed by atoms with Crippen molar-refractivity contribution >= 4 is 45.5 Å². The first-order valence-corrected chi connectivity index (χ1v) is 19.8. The monoisotopic (exact) mass is 575 g/mol. The number of nitrogens with one attached hydrogen (secondary N) is 1. The van der Waals surface area contributed by atoms with E-state index in [4.69, 9.17) is 0 Å². The van der Waals surface area contributed by atoms with Gasteiger partial charge in [0, 0.05) is 0 Å². The van der Waals surface area contributed by atoms with Gasteiger partial charge in [-0.15, -0.1) is 0 Å². The fourth-order valence-electron chi connectivity index (χ4n) is 4.48. The van der Waals surface area contributed by atoms with Crippen LogP contribution in [0.15, 0.2) is 42.5 Å². The number of anilines is 1. The van der Waals surface area contributed by atoms with Gasteiger partial charge in [-0.25, -0.2) is 0 Å². The Morgan fingerprint density at radius 2 is 1.15 bits per heavy atom. The van der Waals surface area contributed by atoms with Crippen molar-refractivity contribution in [1.82, 2.24) is 0 Å². The van der Waals surface area contributed by atoms with Crippen molar-refractivity contribution < 1.29 is 24.6 Å². The van der Waals surface area contributed by atoms with Crippen LogP contribution in [-0.4, -0.2) is 46.4 Å². The van der Waals surface area contributed by atoms with Crippen LogP contribution < -0.4 is 8.90 Å². The van der Waals surface area contributed by atoms with Gasteiger partial charge in [-0.1, -0.05) is 0 Å². The number of carbonyl (C=O) groups is 3. The predicted octanol–water partition coefficient (Wildman–Crippen LogP) is 6.39. The van der Waals surface area contributed by atoms with Gasteiger partial charge in [-0.2, -0.15) is 0 Å². The minimum atomic E-state index is -2.58. The standard InChI is InChI=1S/C15H10NO5.3C4H9.Sn/c17-13(9-4-2-1-3-5-9)16-12-7-10(14(18)19)6-11(8-12)15(20)21;3*1-3-4-2;/h2-8H,(H,16,17)(H,18,19)(H,20,21);3*1,3-4H2,2H3;. The third-order valence-corrected chi connectivity index (χ3v) is 22.1. The molecule has 184 valence electrons. The van der Waals surface area contributed by atoms with E-state index in [2.05, 4.69) is 38.2 Å². The van der Waals surface area contributed by atoms with Crippen LogP contribution in [0.5, 0.6) is 0 Å². The average molecular weight is 574 g/mol. The molecular weight excluding hydrogens is 537 g/mol. The molecule has 0 atom stereocenters. The van der Waals surface area contributed by atoms with Crippen LogP contribution in [0, 0.1) is 0 Å². The zero-order chi connectivity index (χ0) is 25.1. The normalized spacial score (nSPS) is 11.3. The average Bonchev–Trinajstić information content (AvgIpc) is 2.83.